The van der Waals surface area contributed by atoms with Crippen molar-refractivity contribution in [2.75, 3.05) is 11.9 Å². The first-order valence-corrected chi connectivity index (χ1v) is 10.4. The predicted molar refractivity (Wildman–Crippen MR) is 118 cm³/mol. The second kappa shape index (κ2) is 9.13. The zero-order valence-corrected chi connectivity index (χ0v) is 17.8. The summed E-state index contributed by atoms with van der Waals surface area (Å²) >= 11 is 1.24. The molecule has 0 aromatic heterocycles. The van der Waals surface area contributed by atoms with Crippen LogP contribution >= 0.6 is 11.8 Å². The minimum absolute atomic E-state index is 0.0505. The summed E-state index contributed by atoms with van der Waals surface area (Å²) in [5.41, 5.74) is 3.43. The number of rotatable bonds is 5. The molecule has 1 aliphatic heterocycles. The molecule has 0 radical (unpaired) electrons. The van der Waals surface area contributed by atoms with Crippen LogP contribution < -0.4 is 5.32 Å². The smallest absolute Gasteiger partial charge is 0.335 e. The number of nitrogens with one attached hydrogen (secondary N) is 1. The van der Waals surface area contributed by atoms with E-state index in [1.165, 1.54) is 23.9 Å². The van der Waals surface area contributed by atoms with E-state index >= 15 is 0 Å². The van der Waals surface area contributed by atoms with Gasteiger partial charge in [0.1, 0.15) is 5.25 Å². The van der Waals surface area contributed by atoms with Gasteiger partial charge >= 0.3 is 5.97 Å². The summed E-state index contributed by atoms with van der Waals surface area (Å²) in [5, 5.41) is 11.7. The van der Waals surface area contributed by atoms with Gasteiger partial charge in [0.15, 0.2) is 5.17 Å². The van der Waals surface area contributed by atoms with Crippen LogP contribution in [0.25, 0.3) is 0 Å². The Balaban J connectivity index is 1.82. The van der Waals surface area contributed by atoms with Crippen LogP contribution in [0.1, 0.15) is 34.8 Å². The average molecular weight is 426 g/mol. The first-order valence-electron chi connectivity index (χ1n) is 9.55. The minimum atomic E-state index is -1.07. The number of aliphatic imine (C=N–C) groups is 1. The maximum Gasteiger partial charge on any atom is 0.335 e. The number of hydrogen-bond acceptors (Lipinski definition) is 5. The zero-order valence-electron chi connectivity index (χ0n) is 17.0. The molecule has 0 aliphatic carbocycles. The lowest BCUT2D eigenvalue weighted by atomic mass is 10.1. The molecule has 30 heavy (non-hydrogen) atoms. The van der Waals surface area contributed by atoms with Crippen molar-refractivity contribution < 1.29 is 19.5 Å². The topological polar surface area (TPSA) is 99.1 Å². The molecule has 2 aromatic rings. The van der Waals surface area contributed by atoms with Crippen LogP contribution in [0.3, 0.4) is 0 Å². The Labute approximate surface area is 179 Å². The number of carboxylic acids is 1. The number of aryl methyl sites for hydroxylation is 2. The van der Waals surface area contributed by atoms with Gasteiger partial charge in [-0.05, 0) is 62.2 Å². The van der Waals surface area contributed by atoms with Crippen molar-refractivity contribution in [3.63, 3.8) is 0 Å². The standard InChI is InChI=1S/C22H23N3O4S/c1-4-25-19(26)12-18(20(27)23-16-7-5-6-15(11-16)21(28)29)30-22(25)24-17-9-8-13(2)14(3)10-17/h5-11,18H,4,12H2,1-3H3,(H,23,27)(H,28,29). The number of amides is 2. The van der Waals surface area contributed by atoms with Crippen molar-refractivity contribution >= 4 is 46.1 Å². The van der Waals surface area contributed by atoms with Crippen LogP contribution in [0.5, 0.6) is 0 Å². The van der Waals surface area contributed by atoms with Crippen molar-refractivity contribution in [3.8, 4) is 0 Å². The van der Waals surface area contributed by atoms with E-state index in [-0.39, 0.29) is 23.8 Å². The lowest BCUT2D eigenvalue weighted by Crippen LogP contribution is -2.45. The zero-order chi connectivity index (χ0) is 21.8. The Morgan fingerprint density at radius 3 is 2.63 bits per heavy atom. The van der Waals surface area contributed by atoms with Crippen LogP contribution in [0, 0.1) is 13.8 Å². The highest BCUT2D eigenvalue weighted by Crippen LogP contribution is 2.30. The summed E-state index contributed by atoms with van der Waals surface area (Å²) in [5.74, 6) is -1.60. The van der Waals surface area contributed by atoms with Crippen LogP contribution in [0.2, 0.25) is 0 Å². The van der Waals surface area contributed by atoms with Gasteiger partial charge < -0.3 is 10.4 Å². The number of hydrogen-bond donors (Lipinski definition) is 2. The first kappa shape index (κ1) is 21.6. The number of nitrogens with zero attached hydrogens (tertiary/aromatic N) is 2. The van der Waals surface area contributed by atoms with E-state index in [1.807, 2.05) is 39.0 Å². The Kier molecular flexibility index (Phi) is 6.56. The Hall–Kier alpha value is -3.13. The number of benzene rings is 2. The molecule has 1 atom stereocenters. The number of carbonyl (C=O) groups is 3. The Bertz CT molecular complexity index is 1030. The third-order valence-electron chi connectivity index (χ3n) is 4.84. The largest absolute Gasteiger partial charge is 0.478 e. The third-order valence-corrected chi connectivity index (χ3v) is 6.03. The summed E-state index contributed by atoms with van der Waals surface area (Å²) in [6.07, 6.45) is 0.0505. The maximum absolute atomic E-state index is 12.8. The normalized spacial score (nSPS) is 17.8. The molecule has 2 amide bonds. The Morgan fingerprint density at radius 1 is 1.20 bits per heavy atom. The van der Waals surface area contributed by atoms with Gasteiger partial charge in [-0.3, -0.25) is 14.5 Å². The number of carbonyl (C=O) groups excluding carboxylic acids is 2. The van der Waals surface area contributed by atoms with E-state index in [2.05, 4.69) is 10.3 Å². The van der Waals surface area contributed by atoms with Crippen LogP contribution in [-0.2, 0) is 9.59 Å². The van der Waals surface area contributed by atoms with Crippen molar-refractivity contribution in [3.05, 3.63) is 59.2 Å². The number of carboxylic acid groups (broad SMARTS) is 1. The lowest BCUT2D eigenvalue weighted by molar-refractivity contribution is -0.129. The molecule has 0 spiro atoms. The molecule has 7 nitrogen and oxygen atoms in total. The highest BCUT2D eigenvalue weighted by molar-refractivity contribution is 8.15. The number of anilines is 1. The molecule has 156 valence electrons. The molecule has 0 bridgehead atoms. The van der Waals surface area contributed by atoms with Crippen molar-refractivity contribution in [2.24, 2.45) is 4.99 Å². The van der Waals surface area contributed by atoms with Gasteiger partial charge in [0.05, 0.1) is 11.3 Å². The number of thioether (sulfide) groups is 1. The molecular weight excluding hydrogens is 402 g/mol. The van der Waals surface area contributed by atoms with Gasteiger partial charge in [0.2, 0.25) is 11.8 Å². The van der Waals surface area contributed by atoms with E-state index in [4.69, 9.17) is 5.11 Å². The van der Waals surface area contributed by atoms with E-state index in [9.17, 15) is 14.4 Å². The molecule has 1 fully saturated rings. The SMILES string of the molecule is CCN1C(=O)CC(C(=O)Nc2cccc(C(=O)O)c2)SC1=Nc1ccc(C)c(C)c1. The second-order valence-electron chi connectivity index (χ2n) is 6.99. The van der Waals surface area contributed by atoms with Gasteiger partial charge in [-0.2, -0.15) is 0 Å². The van der Waals surface area contributed by atoms with Gasteiger partial charge in [0.25, 0.3) is 0 Å². The van der Waals surface area contributed by atoms with Crippen molar-refractivity contribution in [1.29, 1.82) is 0 Å². The lowest BCUT2D eigenvalue weighted by Gasteiger charge is -2.31. The van der Waals surface area contributed by atoms with Crippen LogP contribution in [0.4, 0.5) is 11.4 Å². The van der Waals surface area contributed by atoms with E-state index in [0.717, 1.165) is 16.8 Å². The molecule has 1 heterocycles. The fraction of sp³-hybridized carbons (Fsp3) is 0.273. The quantitative estimate of drug-likeness (QED) is 0.755. The average Bonchev–Trinajstić information content (AvgIpc) is 2.70. The van der Waals surface area contributed by atoms with E-state index < -0.39 is 11.2 Å². The highest BCUT2D eigenvalue weighted by Gasteiger charge is 2.35. The summed E-state index contributed by atoms with van der Waals surface area (Å²) in [6, 6.07) is 11.8. The molecule has 1 aliphatic rings. The predicted octanol–water partition coefficient (Wildman–Crippen LogP) is 3.98. The molecular formula is C22H23N3O4S. The number of amidine groups is 1. The van der Waals surface area contributed by atoms with Crippen LogP contribution in [0.15, 0.2) is 47.5 Å². The van der Waals surface area contributed by atoms with Gasteiger partial charge in [-0.15, -0.1) is 0 Å². The van der Waals surface area contributed by atoms with Crippen LogP contribution in [-0.4, -0.2) is 44.8 Å². The monoisotopic (exact) mass is 425 g/mol. The van der Waals surface area contributed by atoms with Crippen molar-refractivity contribution in [2.45, 2.75) is 32.4 Å². The molecule has 8 heteroatoms. The Morgan fingerprint density at radius 2 is 1.97 bits per heavy atom. The van der Waals surface area contributed by atoms with Gasteiger partial charge in [-0.1, -0.05) is 23.9 Å². The first-order chi connectivity index (χ1) is 14.3. The summed E-state index contributed by atoms with van der Waals surface area (Å²) in [4.78, 5) is 42.7. The van der Waals surface area contributed by atoms with E-state index in [0.29, 0.717) is 17.4 Å². The molecule has 1 saturated heterocycles. The molecule has 1 unspecified atom stereocenters. The van der Waals surface area contributed by atoms with Crippen molar-refractivity contribution in [1.82, 2.24) is 4.90 Å². The molecule has 2 aromatic carbocycles. The minimum Gasteiger partial charge on any atom is -0.478 e. The maximum atomic E-state index is 12.8. The molecule has 0 saturated carbocycles. The summed E-state index contributed by atoms with van der Waals surface area (Å²) in [7, 11) is 0. The molecule has 2 N–H and O–H groups in total. The fourth-order valence-electron chi connectivity index (χ4n) is 3.01. The van der Waals surface area contributed by atoms with E-state index in [1.54, 1.807) is 17.0 Å². The molecule has 3 rings (SSSR count). The number of aromatic carboxylic acids is 1. The highest BCUT2D eigenvalue weighted by atomic mass is 32.2. The van der Waals surface area contributed by atoms with Gasteiger partial charge in [-0.25, -0.2) is 9.79 Å². The second-order valence-corrected chi connectivity index (χ2v) is 8.16. The third kappa shape index (κ3) is 4.88. The summed E-state index contributed by atoms with van der Waals surface area (Å²) in [6.45, 7) is 6.34. The summed E-state index contributed by atoms with van der Waals surface area (Å²) < 4.78 is 0. The fourth-order valence-corrected chi connectivity index (χ4v) is 4.17. The van der Waals surface area contributed by atoms with Gasteiger partial charge in [0, 0.05) is 18.7 Å².